The molecule has 6 aliphatic rings. The van der Waals surface area contributed by atoms with E-state index in [2.05, 4.69) is 52.8 Å². The van der Waals surface area contributed by atoms with Gasteiger partial charge in [-0.25, -0.2) is 0 Å². The van der Waals surface area contributed by atoms with E-state index in [4.69, 9.17) is 14.2 Å². The molecule has 8 nitrogen and oxygen atoms in total. The average Bonchev–Trinajstić information content (AvgIpc) is 3.56. The third kappa shape index (κ3) is 4.86. The average molecular weight is 599 g/mol. The molecule has 0 bridgehead atoms. The highest BCUT2D eigenvalue weighted by atomic mass is 16.7. The molecule has 238 valence electrons. The molecule has 6 rings (SSSR count). The Morgan fingerprint density at radius 2 is 1.74 bits per heavy atom. The fraction of sp³-hybridized carbons (Fsp3) is 0.771. The minimum Gasteiger partial charge on any atom is -0.388 e. The van der Waals surface area contributed by atoms with Crippen molar-refractivity contribution in [2.24, 2.45) is 34.0 Å². The van der Waals surface area contributed by atoms with Crippen molar-refractivity contribution >= 4 is 11.6 Å². The summed E-state index contributed by atoms with van der Waals surface area (Å²) in [4.78, 5) is 26.8. The predicted molar refractivity (Wildman–Crippen MR) is 160 cm³/mol. The first kappa shape index (κ1) is 31.3. The molecule has 3 N–H and O–H groups in total. The van der Waals surface area contributed by atoms with Crippen molar-refractivity contribution in [2.45, 2.75) is 129 Å². The quantitative estimate of drug-likeness (QED) is 0.307. The van der Waals surface area contributed by atoms with Gasteiger partial charge in [-0.15, -0.1) is 0 Å². The number of rotatable bonds is 6. The number of hydrogen-bond acceptors (Lipinski definition) is 8. The molecule has 0 spiro atoms. The molecule has 2 aliphatic heterocycles. The molecule has 2 saturated heterocycles. The van der Waals surface area contributed by atoms with Crippen molar-refractivity contribution in [2.75, 3.05) is 6.61 Å². The number of carbonyl (C=O) groups is 2. The molecule has 11 unspecified atom stereocenters. The number of carbonyl (C=O) groups excluding carboxylic acids is 2. The molecule has 2 heterocycles. The fourth-order valence-electron chi connectivity index (χ4n) is 9.45. The minimum absolute atomic E-state index is 0.0488. The van der Waals surface area contributed by atoms with Crippen molar-refractivity contribution in [3.63, 3.8) is 0 Å². The van der Waals surface area contributed by atoms with Crippen LogP contribution < -0.4 is 0 Å². The topological polar surface area (TPSA) is 126 Å². The van der Waals surface area contributed by atoms with Crippen LogP contribution >= 0.6 is 0 Å². The van der Waals surface area contributed by atoms with Gasteiger partial charge in [-0.05, 0) is 73.3 Å². The van der Waals surface area contributed by atoms with Gasteiger partial charge in [0.25, 0.3) is 0 Å². The summed E-state index contributed by atoms with van der Waals surface area (Å²) in [5.41, 5.74) is 2.72. The van der Waals surface area contributed by atoms with Crippen molar-refractivity contribution in [3.05, 3.63) is 34.9 Å². The SMILES string of the molecule is CC(CC(=O)C1OC1(C)C)C1C(=O)CC2(C)C3=CCC4C(=CCC(OC5OCC(O)C(O)C5O)C4(C)C)CC3=CCC12C. The van der Waals surface area contributed by atoms with Gasteiger partial charge in [-0.2, -0.15) is 0 Å². The van der Waals surface area contributed by atoms with E-state index >= 15 is 0 Å². The molecule has 3 fully saturated rings. The van der Waals surface area contributed by atoms with Crippen LogP contribution in [0, 0.1) is 34.0 Å². The fourth-order valence-corrected chi connectivity index (χ4v) is 9.45. The van der Waals surface area contributed by atoms with E-state index < -0.39 is 30.2 Å². The summed E-state index contributed by atoms with van der Waals surface area (Å²) in [7, 11) is 0. The number of fused-ring (bicyclic) bond motifs is 4. The van der Waals surface area contributed by atoms with Gasteiger partial charge in [0.1, 0.15) is 30.2 Å². The van der Waals surface area contributed by atoms with E-state index in [-0.39, 0.29) is 64.4 Å². The van der Waals surface area contributed by atoms with Crippen molar-refractivity contribution in [3.8, 4) is 0 Å². The third-order valence-electron chi connectivity index (χ3n) is 12.4. The van der Waals surface area contributed by atoms with Gasteiger partial charge < -0.3 is 29.5 Å². The molecular formula is C35H50O8. The number of aliphatic hydroxyl groups excluding tert-OH is 3. The van der Waals surface area contributed by atoms with Gasteiger partial charge in [0.2, 0.25) is 0 Å². The Labute approximate surface area is 255 Å². The van der Waals surface area contributed by atoms with E-state index in [1.807, 2.05) is 13.8 Å². The summed E-state index contributed by atoms with van der Waals surface area (Å²) in [6.45, 7) is 14.8. The van der Waals surface area contributed by atoms with Crippen molar-refractivity contribution in [1.29, 1.82) is 0 Å². The van der Waals surface area contributed by atoms with Crippen LogP contribution in [0.3, 0.4) is 0 Å². The van der Waals surface area contributed by atoms with Crippen LogP contribution in [0.2, 0.25) is 0 Å². The van der Waals surface area contributed by atoms with Crippen LogP contribution in [0.5, 0.6) is 0 Å². The van der Waals surface area contributed by atoms with E-state index in [0.717, 1.165) is 19.3 Å². The summed E-state index contributed by atoms with van der Waals surface area (Å²) in [5, 5.41) is 30.5. The Morgan fingerprint density at radius 1 is 1.05 bits per heavy atom. The Hall–Kier alpha value is -1.68. The second-order valence-corrected chi connectivity index (χ2v) is 15.8. The Kier molecular flexibility index (Phi) is 7.59. The summed E-state index contributed by atoms with van der Waals surface area (Å²) >= 11 is 0. The highest BCUT2D eigenvalue weighted by Gasteiger charge is 2.63. The number of ether oxygens (including phenoxy) is 3. The van der Waals surface area contributed by atoms with Crippen LogP contribution in [-0.4, -0.2) is 75.9 Å². The maximum absolute atomic E-state index is 13.8. The van der Waals surface area contributed by atoms with Crippen LogP contribution in [0.4, 0.5) is 0 Å². The Bertz CT molecular complexity index is 1280. The zero-order valence-corrected chi connectivity index (χ0v) is 26.8. The molecule has 4 aliphatic carbocycles. The largest absolute Gasteiger partial charge is 0.388 e. The molecule has 0 aromatic heterocycles. The van der Waals surface area contributed by atoms with E-state index in [1.165, 1.54) is 16.7 Å². The van der Waals surface area contributed by atoms with Gasteiger partial charge in [-0.1, -0.05) is 58.4 Å². The third-order valence-corrected chi connectivity index (χ3v) is 12.4. The van der Waals surface area contributed by atoms with Crippen LogP contribution in [0.25, 0.3) is 0 Å². The monoisotopic (exact) mass is 598 g/mol. The van der Waals surface area contributed by atoms with Crippen molar-refractivity contribution < 1.29 is 39.1 Å². The number of aliphatic hydroxyl groups is 3. The number of epoxide rings is 1. The van der Waals surface area contributed by atoms with Crippen molar-refractivity contribution in [1.82, 2.24) is 0 Å². The van der Waals surface area contributed by atoms with Crippen LogP contribution in [0.1, 0.15) is 87.0 Å². The lowest BCUT2D eigenvalue weighted by atomic mass is 9.53. The number of ketones is 2. The highest BCUT2D eigenvalue weighted by Crippen LogP contribution is 2.67. The second kappa shape index (κ2) is 10.4. The summed E-state index contributed by atoms with van der Waals surface area (Å²) in [6, 6.07) is 0. The van der Waals surface area contributed by atoms with Gasteiger partial charge >= 0.3 is 0 Å². The second-order valence-electron chi connectivity index (χ2n) is 15.8. The first-order valence-electron chi connectivity index (χ1n) is 16.1. The summed E-state index contributed by atoms with van der Waals surface area (Å²) < 4.78 is 17.5. The van der Waals surface area contributed by atoms with Crippen LogP contribution in [-0.2, 0) is 23.8 Å². The Morgan fingerprint density at radius 3 is 2.42 bits per heavy atom. The smallest absolute Gasteiger partial charge is 0.186 e. The molecule has 1 saturated carbocycles. The van der Waals surface area contributed by atoms with E-state index in [0.29, 0.717) is 19.3 Å². The molecular weight excluding hydrogens is 548 g/mol. The predicted octanol–water partition coefficient (Wildman–Crippen LogP) is 4.21. The zero-order chi connectivity index (χ0) is 31.3. The van der Waals surface area contributed by atoms with E-state index in [9.17, 15) is 24.9 Å². The van der Waals surface area contributed by atoms with E-state index in [1.54, 1.807) is 0 Å². The lowest BCUT2D eigenvalue weighted by molar-refractivity contribution is -0.293. The van der Waals surface area contributed by atoms with Crippen LogP contribution in [0.15, 0.2) is 34.9 Å². The first-order valence-corrected chi connectivity index (χ1v) is 16.1. The maximum Gasteiger partial charge on any atom is 0.186 e. The number of hydrogen-bond donors (Lipinski definition) is 3. The Balaban J connectivity index is 1.23. The standard InChI is InChI=1S/C35H50O8/c1-18(14-23(36)30-33(4,5)43-30)27-24(37)16-35(7)22-10-9-21-19(15-20(22)12-13-34(27,35)6)8-11-26(32(21,2)3)42-31-29(40)28(39)25(38)17-41-31/h8,10,12,18,21,25-31,38-40H,9,11,13-17H2,1-7H3. The molecule has 11 atom stereocenters. The highest BCUT2D eigenvalue weighted by molar-refractivity contribution is 5.90. The molecule has 43 heavy (non-hydrogen) atoms. The summed E-state index contributed by atoms with van der Waals surface area (Å²) in [6.07, 6.45) is 5.63. The molecule has 0 aromatic carbocycles. The number of Topliss-reactive ketones (excluding diaryl/α,β-unsaturated/α-hetero) is 2. The normalized spacial score (nSPS) is 45.4. The molecule has 0 aromatic rings. The molecule has 8 heteroatoms. The minimum atomic E-state index is -1.32. The lowest BCUT2D eigenvalue weighted by Crippen LogP contribution is -2.56. The lowest BCUT2D eigenvalue weighted by Gasteiger charge is -2.50. The van der Waals surface area contributed by atoms with Gasteiger partial charge in [-0.3, -0.25) is 9.59 Å². The molecule has 0 amide bonds. The zero-order valence-electron chi connectivity index (χ0n) is 26.8. The number of allylic oxidation sites excluding steroid dienone is 5. The first-order chi connectivity index (χ1) is 20.0. The van der Waals surface area contributed by atoms with Gasteiger partial charge in [0, 0.05) is 24.2 Å². The van der Waals surface area contributed by atoms with Gasteiger partial charge in [0.05, 0.1) is 18.3 Å². The van der Waals surface area contributed by atoms with Gasteiger partial charge in [0.15, 0.2) is 12.1 Å². The molecule has 0 radical (unpaired) electrons. The maximum atomic E-state index is 13.8. The summed E-state index contributed by atoms with van der Waals surface area (Å²) in [5.74, 6) is 0.339.